The van der Waals surface area contributed by atoms with E-state index < -0.39 is 39.3 Å². The van der Waals surface area contributed by atoms with Crippen LogP contribution in [0.25, 0.3) is 0 Å². The molecule has 0 unspecified atom stereocenters. The van der Waals surface area contributed by atoms with Gasteiger partial charge in [-0.2, -0.15) is 0 Å². The second kappa shape index (κ2) is 6.23. The highest BCUT2D eigenvalue weighted by molar-refractivity contribution is 7.52. The largest absolute Gasteiger partial charge is 0.480 e. The molecule has 0 aromatic carbocycles. The molecule has 1 saturated carbocycles. The van der Waals surface area contributed by atoms with Crippen molar-refractivity contribution in [3.8, 4) is 0 Å². The maximum absolute atomic E-state index is 11.5. The monoisotopic (exact) mass is 331 g/mol. The van der Waals surface area contributed by atoms with Gasteiger partial charge in [-0.05, 0) is 12.8 Å². The maximum Gasteiger partial charge on any atom is 0.339 e. The van der Waals surface area contributed by atoms with Crippen LogP contribution in [0.5, 0.6) is 0 Å². The summed E-state index contributed by atoms with van der Waals surface area (Å²) in [6, 6.07) is 0. The van der Waals surface area contributed by atoms with Crippen molar-refractivity contribution >= 4 is 21.2 Å². The molecule has 0 bridgehead atoms. The molecule has 0 atom stereocenters. The molecule has 118 valence electrons. The molecular formula is C9H19NO8P2. The number of carboxylic acid groups (broad SMARTS) is 1. The van der Waals surface area contributed by atoms with Gasteiger partial charge in [-0.25, -0.2) is 0 Å². The van der Waals surface area contributed by atoms with Crippen molar-refractivity contribution in [1.29, 1.82) is 0 Å². The lowest BCUT2D eigenvalue weighted by molar-refractivity contribution is -0.153. The molecule has 1 aliphatic carbocycles. The van der Waals surface area contributed by atoms with Gasteiger partial charge in [0.25, 0.3) is 0 Å². The summed E-state index contributed by atoms with van der Waals surface area (Å²) in [7, 11) is -9.28. The quantitative estimate of drug-likeness (QED) is 0.433. The van der Waals surface area contributed by atoms with Gasteiger partial charge < -0.3 is 24.7 Å². The smallest absolute Gasteiger partial charge is 0.339 e. The van der Waals surface area contributed by atoms with Crippen molar-refractivity contribution in [2.45, 2.75) is 37.6 Å². The van der Waals surface area contributed by atoms with Crippen LogP contribution >= 0.6 is 15.2 Å². The van der Waals surface area contributed by atoms with E-state index in [0.717, 1.165) is 11.3 Å². The number of hydrogen-bond acceptors (Lipinski definition) is 4. The molecule has 1 rings (SSSR count). The first-order chi connectivity index (χ1) is 8.96. The minimum absolute atomic E-state index is 0.113. The van der Waals surface area contributed by atoms with E-state index in [1.54, 1.807) is 0 Å². The van der Waals surface area contributed by atoms with Gasteiger partial charge in [0.05, 0.1) is 0 Å². The van der Waals surface area contributed by atoms with Crippen molar-refractivity contribution in [1.82, 2.24) is 4.90 Å². The van der Waals surface area contributed by atoms with Crippen LogP contribution in [0.3, 0.4) is 0 Å². The highest BCUT2D eigenvalue weighted by Gasteiger charge is 2.48. The molecule has 11 heteroatoms. The second-order valence-electron chi connectivity index (χ2n) is 5.05. The van der Waals surface area contributed by atoms with Gasteiger partial charge in [0, 0.05) is 0 Å². The van der Waals surface area contributed by atoms with E-state index in [0.29, 0.717) is 12.8 Å². The lowest BCUT2D eigenvalue weighted by atomic mass is 9.81. The summed E-state index contributed by atoms with van der Waals surface area (Å²) in [5.74, 6) is -1.31. The van der Waals surface area contributed by atoms with Gasteiger partial charge in [0.1, 0.15) is 18.1 Å². The Morgan fingerprint density at radius 2 is 1.35 bits per heavy atom. The first-order valence-corrected chi connectivity index (χ1v) is 9.63. The molecule has 0 aromatic heterocycles. The Labute approximate surface area is 115 Å². The third-order valence-corrected chi connectivity index (χ3v) is 4.81. The topological polar surface area (TPSA) is 156 Å². The number of nitrogens with zero attached hydrogens (tertiary/aromatic N) is 1. The van der Waals surface area contributed by atoms with E-state index in [4.69, 9.17) is 19.6 Å². The van der Waals surface area contributed by atoms with E-state index in [9.17, 15) is 19.0 Å². The molecule has 1 aliphatic rings. The van der Waals surface area contributed by atoms with E-state index in [-0.39, 0.29) is 12.8 Å². The van der Waals surface area contributed by atoms with Crippen LogP contribution in [0.1, 0.15) is 32.1 Å². The van der Waals surface area contributed by atoms with Crippen LogP contribution < -0.4 is 0 Å². The predicted octanol–water partition coefficient (Wildman–Crippen LogP) is 0.346. The maximum atomic E-state index is 11.5. The third kappa shape index (κ3) is 4.93. The molecule has 5 N–H and O–H groups in total. The SMILES string of the molecule is O=C(O)C1(N(CP(=O)(O)O)CP(=O)(O)O)CCCCC1. The zero-order valence-electron chi connectivity index (χ0n) is 10.8. The van der Waals surface area contributed by atoms with Crippen molar-refractivity contribution in [3.63, 3.8) is 0 Å². The Bertz CT molecular complexity index is 425. The Balaban J connectivity index is 3.13. The van der Waals surface area contributed by atoms with Crippen molar-refractivity contribution in [2.24, 2.45) is 0 Å². The van der Waals surface area contributed by atoms with E-state index >= 15 is 0 Å². The zero-order valence-corrected chi connectivity index (χ0v) is 12.5. The van der Waals surface area contributed by atoms with Gasteiger partial charge in [-0.15, -0.1) is 0 Å². The number of carboxylic acids is 1. The van der Waals surface area contributed by atoms with E-state index in [1.165, 1.54) is 0 Å². The molecule has 0 aromatic rings. The van der Waals surface area contributed by atoms with Gasteiger partial charge in [-0.3, -0.25) is 18.8 Å². The van der Waals surface area contributed by atoms with E-state index in [2.05, 4.69) is 0 Å². The summed E-state index contributed by atoms with van der Waals surface area (Å²) in [5.41, 5.74) is -1.62. The minimum atomic E-state index is -4.64. The molecule has 20 heavy (non-hydrogen) atoms. The second-order valence-corrected chi connectivity index (χ2v) is 8.27. The standard InChI is InChI=1S/C9H19NO8P2/c11-8(12)9(4-2-1-3-5-9)10(6-19(13,14)15)7-20(16,17)18/h1-7H2,(H,11,12)(H2,13,14,15)(H2,16,17,18). The third-order valence-electron chi connectivity index (χ3n) is 3.39. The zero-order chi connectivity index (χ0) is 15.6. The van der Waals surface area contributed by atoms with Crippen LogP contribution in [0, 0.1) is 0 Å². The normalized spacial score (nSPS) is 20.1. The fraction of sp³-hybridized carbons (Fsp3) is 0.889. The average molecular weight is 331 g/mol. The Morgan fingerprint density at radius 3 is 1.65 bits per heavy atom. The summed E-state index contributed by atoms with van der Waals surface area (Å²) in [6.45, 7) is 0. The van der Waals surface area contributed by atoms with Crippen molar-refractivity contribution < 1.29 is 38.6 Å². The molecule has 0 amide bonds. The molecule has 1 fully saturated rings. The number of carbonyl (C=O) groups is 1. The molecule has 0 aliphatic heterocycles. The summed E-state index contributed by atoms with van der Waals surface area (Å²) >= 11 is 0. The Kier molecular flexibility index (Phi) is 5.54. The van der Waals surface area contributed by atoms with Crippen molar-refractivity contribution in [2.75, 3.05) is 12.6 Å². The summed E-state index contributed by atoms with van der Waals surface area (Å²) < 4.78 is 22.3. The number of aliphatic carboxylic acids is 1. The Hall–Kier alpha value is -0.270. The van der Waals surface area contributed by atoms with Gasteiger partial charge in [-0.1, -0.05) is 19.3 Å². The summed E-state index contributed by atoms with van der Waals surface area (Å²) in [4.78, 5) is 48.4. The van der Waals surface area contributed by atoms with Crippen LogP contribution in [-0.4, -0.2) is 53.7 Å². The number of hydrogen-bond donors (Lipinski definition) is 5. The summed E-state index contributed by atoms with van der Waals surface area (Å²) in [5, 5.41) is 9.41. The fourth-order valence-corrected chi connectivity index (χ4v) is 4.35. The van der Waals surface area contributed by atoms with Crippen molar-refractivity contribution in [3.05, 3.63) is 0 Å². The van der Waals surface area contributed by atoms with Crippen LogP contribution in [-0.2, 0) is 13.9 Å². The molecule has 0 heterocycles. The first kappa shape index (κ1) is 17.8. The van der Waals surface area contributed by atoms with Gasteiger partial charge in [0.2, 0.25) is 0 Å². The molecule has 0 saturated heterocycles. The van der Waals surface area contributed by atoms with Crippen LogP contribution in [0.2, 0.25) is 0 Å². The highest BCUT2D eigenvalue weighted by atomic mass is 31.2. The Morgan fingerprint density at radius 1 is 0.950 bits per heavy atom. The molecule has 9 nitrogen and oxygen atoms in total. The van der Waals surface area contributed by atoms with Gasteiger partial charge >= 0.3 is 21.2 Å². The minimum Gasteiger partial charge on any atom is -0.480 e. The predicted molar refractivity (Wildman–Crippen MR) is 69.1 cm³/mol. The lowest BCUT2D eigenvalue weighted by Crippen LogP contribution is -2.56. The summed E-state index contributed by atoms with van der Waals surface area (Å²) in [6.07, 6.45) is 0.115. The first-order valence-electron chi connectivity index (χ1n) is 6.04. The molecular weight excluding hydrogens is 312 g/mol. The number of rotatable bonds is 6. The highest BCUT2D eigenvalue weighted by Crippen LogP contribution is 2.46. The van der Waals surface area contributed by atoms with Gasteiger partial charge in [0.15, 0.2) is 0 Å². The fourth-order valence-electron chi connectivity index (χ4n) is 2.56. The molecule has 0 spiro atoms. The van der Waals surface area contributed by atoms with Crippen LogP contribution in [0.15, 0.2) is 0 Å². The van der Waals surface area contributed by atoms with Crippen LogP contribution in [0.4, 0.5) is 0 Å². The molecule has 0 radical (unpaired) electrons. The average Bonchev–Trinajstić information content (AvgIpc) is 2.25. The van der Waals surface area contributed by atoms with E-state index in [1.807, 2.05) is 0 Å². The lowest BCUT2D eigenvalue weighted by Gasteiger charge is -2.42.